The van der Waals surface area contributed by atoms with Crippen LogP contribution in [0, 0.1) is 0 Å². The SMILES string of the molecule is Cn1cc(C(F)(F)F)nc1[C@@H]1CCCN(C(=O)c2cnnn2C)C1. The van der Waals surface area contributed by atoms with E-state index in [1.54, 1.807) is 19.0 Å². The number of aromatic nitrogens is 5. The Labute approximate surface area is 136 Å². The van der Waals surface area contributed by atoms with Crippen molar-refractivity contribution < 1.29 is 18.0 Å². The van der Waals surface area contributed by atoms with Crippen LogP contribution in [0.25, 0.3) is 0 Å². The highest BCUT2D eigenvalue weighted by Gasteiger charge is 2.36. The van der Waals surface area contributed by atoms with E-state index in [1.807, 2.05) is 0 Å². The van der Waals surface area contributed by atoms with Gasteiger partial charge in [0.25, 0.3) is 5.91 Å². The van der Waals surface area contributed by atoms with Gasteiger partial charge in [-0.15, -0.1) is 5.10 Å². The molecule has 0 bridgehead atoms. The number of rotatable bonds is 2. The molecule has 10 heteroatoms. The van der Waals surface area contributed by atoms with E-state index in [2.05, 4.69) is 15.3 Å². The van der Waals surface area contributed by atoms with Crippen LogP contribution in [0.15, 0.2) is 12.4 Å². The third-order valence-corrected chi connectivity index (χ3v) is 4.21. The fourth-order valence-corrected chi connectivity index (χ4v) is 3.01. The average molecular weight is 342 g/mol. The second-order valence-corrected chi connectivity index (χ2v) is 5.93. The first-order valence-corrected chi connectivity index (χ1v) is 7.51. The van der Waals surface area contributed by atoms with Crippen LogP contribution < -0.4 is 0 Å². The standard InChI is InChI=1S/C14H17F3N6O/c1-21-8-11(14(15,16)17)19-12(21)9-4-3-5-23(7-9)13(24)10-6-18-20-22(10)2/h6,8-9H,3-5,7H2,1-2H3/t9-/m1/s1. The van der Waals surface area contributed by atoms with E-state index in [4.69, 9.17) is 0 Å². The van der Waals surface area contributed by atoms with E-state index in [9.17, 15) is 18.0 Å². The molecule has 24 heavy (non-hydrogen) atoms. The van der Waals surface area contributed by atoms with Crippen molar-refractivity contribution in [3.05, 3.63) is 29.6 Å². The molecule has 0 saturated carbocycles. The molecule has 0 aromatic carbocycles. The highest BCUT2D eigenvalue weighted by Crippen LogP contribution is 2.32. The van der Waals surface area contributed by atoms with Gasteiger partial charge in [-0.25, -0.2) is 9.67 Å². The first kappa shape index (κ1) is 16.5. The fourth-order valence-electron chi connectivity index (χ4n) is 3.01. The van der Waals surface area contributed by atoms with Crippen molar-refractivity contribution in [3.63, 3.8) is 0 Å². The van der Waals surface area contributed by atoms with Gasteiger partial charge in [0.2, 0.25) is 0 Å². The normalized spacial score (nSPS) is 18.9. The Morgan fingerprint density at radius 3 is 2.67 bits per heavy atom. The molecule has 3 heterocycles. The summed E-state index contributed by atoms with van der Waals surface area (Å²) in [6, 6.07) is 0. The van der Waals surface area contributed by atoms with Crippen molar-refractivity contribution >= 4 is 5.91 Å². The lowest BCUT2D eigenvalue weighted by molar-refractivity contribution is -0.141. The Morgan fingerprint density at radius 1 is 1.33 bits per heavy atom. The van der Waals surface area contributed by atoms with E-state index in [0.717, 1.165) is 6.20 Å². The average Bonchev–Trinajstić information content (AvgIpc) is 3.12. The molecule has 7 nitrogen and oxygen atoms in total. The lowest BCUT2D eigenvalue weighted by Gasteiger charge is -2.32. The number of carbonyl (C=O) groups excluding carboxylic acids is 1. The summed E-state index contributed by atoms with van der Waals surface area (Å²) in [7, 11) is 3.17. The van der Waals surface area contributed by atoms with Crippen LogP contribution in [0.4, 0.5) is 13.2 Å². The van der Waals surface area contributed by atoms with Crippen LogP contribution in [0.5, 0.6) is 0 Å². The van der Waals surface area contributed by atoms with Crippen LogP contribution in [-0.4, -0.2) is 48.4 Å². The summed E-state index contributed by atoms with van der Waals surface area (Å²) < 4.78 is 41.3. The molecule has 2 aromatic heterocycles. The smallest absolute Gasteiger partial charge is 0.337 e. The molecule has 0 aliphatic carbocycles. The molecule has 1 atom stereocenters. The summed E-state index contributed by atoms with van der Waals surface area (Å²) in [6.07, 6.45) is -0.707. The summed E-state index contributed by atoms with van der Waals surface area (Å²) in [5.41, 5.74) is -0.550. The van der Waals surface area contributed by atoms with Crippen molar-refractivity contribution in [2.75, 3.05) is 13.1 Å². The number of halogens is 3. The first-order chi connectivity index (χ1) is 11.3. The minimum absolute atomic E-state index is 0.225. The zero-order valence-corrected chi connectivity index (χ0v) is 13.3. The number of likely N-dealkylation sites (tertiary alicyclic amines) is 1. The molecule has 1 aliphatic rings. The monoisotopic (exact) mass is 342 g/mol. The number of piperidine rings is 1. The number of carbonyl (C=O) groups is 1. The molecule has 0 N–H and O–H groups in total. The number of nitrogens with zero attached hydrogens (tertiary/aromatic N) is 6. The van der Waals surface area contributed by atoms with Gasteiger partial charge in [0.1, 0.15) is 11.5 Å². The Bertz CT molecular complexity index is 750. The Balaban J connectivity index is 1.80. The van der Waals surface area contributed by atoms with Gasteiger partial charge in [0.05, 0.1) is 6.20 Å². The maximum absolute atomic E-state index is 12.8. The number of hydrogen-bond donors (Lipinski definition) is 0. The second kappa shape index (κ2) is 5.91. The number of amides is 1. The molecule has 0 spiro atoms. The van der Waals surface area contributed by atoms with Gasteiger partial charge in [0, 0.05) is 39.3 Å². The molecule has 2 aromatic rings. The van der Waals surface area contributed by atoms with Gasteiger partial charge < -0.3 is 9.47 Å². The summed E-state index contributed by atoms with van der Waals surface area (Å²) in [4.78, 5) is 17.9. The topological polar surface area (TPSA) is 68.8 Å². The van der Waals surface area contributed by atoms with Gasteiger partial charge in [0.15, 0.2) is 5.69 Å². The molecule has 1 amide bonds. The zero-order valence-electron chi connectivity index (χ0n) is 13.3. The largest absolute Gasteiger partial charge is 0.434 e. The minimum Gasteiger partial charge on any atom is -0.337 e. The molecule has 1 fully saturated rings. The van der Waals surface area contributed by atoms with Crippen LogP contribution >= 0.6 is 0 Å². The van der Waals surface area contributed by atoms with E-state index in [-0.39, 0.29) is 11.8 Å². The van der Waals surface area contributed by atoms with Crippen molar-refractivity contribution in [1.82, 2.24) is 29.4 Å². The first-order valence-electron chi connectivity index (χ1n) is 7.51. The van der Waals surface area contributed by atoms with Crippen molar-refractivity contribution in [2.24, 2.45) is 14.1 Å². The fraction of sp³-hybridized carbons (Fsp3) is 0.571. The molecule has 1 aliphatic heterocycles. The lowest BCUT2D eigenvalue weighted by Crippen LogP contribution is -2.40. The third-order valence-electron chi connectivity index (χ3n) is 4.21. The van der Waals surface area contributed by atoms with Gasteiger partial charge in [-0.05, 0) is 12.8 Å². The molecule has 130 valence electrons. The van der Waals surface area contributed by atoms with E-state index in [1.165, 1.54) is 15.4 Å². The third kappa shape index (κ3) is 3.00. The zero-order chi connectivity index (χ0) is 17.5. The van der Waals surface area contributed by atoms with Crippen molar-refractivity contribution in [2.45, 2.75) is 24.9 Å². The summed E-state index contributed by atoms with van der Waals surface area (Å²) in [5.74, 6) is -0.106. The van der Waals surface area contributed by atoms with E-state index in [0.29, 0.717) is 37.4 Å². The lowest BCUT2D eigenvalue weighted by atomic mass is 9.97. The maximum Gasteiger partial charge on any atom is 0.434 e. The highest BCUT2D eigenvalue weighted by molar-refractivity contribution is 5.92. The number of alkyl halides is 3. The number of aryl methyl sites for hydroxylation is 2. The summed E-state index contributed by atoms with van der Waals surface area (Å²) in [6.45, 7) is 0.878. The number of imidazole rings is 1. The van der Waals surface area contributed by atoms with Gasteiger partial charge in [-0.3, -0.25) is 4.79 Å². The van der Waals surface area contributed by atoms with Crippen LogP contribution in [-0.2, 0) is 20.3 Å². The predicted octanol–water partition coefficient (Wildman–Crippen LogP) is 1.59. The van der Waals surface area contributed by atoms with Gasteiger partial charge >= 0.3 is 6.18 Å². The van der Waals surface area contributed by atoms with Crippen molar-refractivity contribution in [3.8, 4) is 0 Å². The molecular formula is C14H17F3N6O. The van der Waals surface area contributed by atoms with E-state index >= 15 is 0 Å². The predicted molar refractivity (Wildman–Crippen MR) is 77.1 cm³/mol. The quantitative estimate of drug-likeness (QED) is 0.831. The summed E-state index contributed by atoms with van der Waals surface area (Å²) in [5, 5.41) is 7.42. The molecular weight excluding hydrogens is 325 g/mol. The molecule has 0 unspecified atom stereocenters. The van der Waals surface area contributed by atoms with E-state index < -0.39 is 11.9 Å². The van der Waals surface area contributed by atoms with Gasteiger partial charge in [-0.1, -0.05) is 5.21 Å². The van der Waals surface area contributed by atoms with Crippen LogP contribution in [0.3, 0.4) is 0 Å². The maximum atomic E-state index is 12.8. The molecule has 3 rings (SSSR count). The Morgan fingerprint density at radius 2 is 2.08 bits per heavy atom. The highest BCUT2D eigenvalue weighted by atomic mass is 19.4. The second-order valence-electron chi connectivity index (χ2n) is 5.93. The van der Waals surface area contributed by atoms with Crippen LogP contribution in [0.2, 0.25) is 0 Å². The van der Waals surface area contributed by atoms with Crippen LogP contribution in [0.1, 0.15) is 40.8 Å². The number of hydrogen-bond acceptors (Lipinski definition) is 4. The van der Waals surface area contributed by atoms with Crippen molar-refractivity contribution in [1.29, 1.82) is 0 Å². The molecule has 0 radical (unpaired) electrons. The Kier molecular flexibility index (Phi) is 4.06. The summed E-state index contributed by atoms with van der Waals surface area (Å²) >= 11 is 0. The Hall–Kier alpha value is -2.39. The van der Waals surface area contributed by atoms with Gasteiger partial charge in [-0.2, -0.15) is 13.2 Å². The molecule has 1 saturated heterocycles. The minimum atomic E-state index is -4.47.